The third kappa shape index (κ3) is 2.86. The van der Waals surface area contributed by atoms with Gasteiger partial charge in [0, 0.05) is 19.1 Å². The van der Waals surface area contributed by atoms with Crippen molar-refractivity contribution in [1.82, 2.24) is 10.2 Å². The van der Waals surface area contributed by atoms with E-state index in [1.807, 2.05) is 24.3 Å². The summed E-state index contributed by atoms with van der Waals surface area (Å²) in [4.78, 5) is 25.4. The first-order chi connectivity index (χ1) is 10.1. The molecule has 1 atom stereocenters. The van der Waals surface area contributed by atoms with Crippen LogP contribution < -0.4 is 5.32 Å². The number of hydrogen-bond acceptors (Lipinski definition) is 2. The topological polar surface area (TPSA) is 69.6 Å². The van der Waals surface area contributed by atoms with E-state index in [-0.39, 0.29) is 18.6 Å². The van der Waals surface area contributed by atoms with E-state index in [1.165, 1.54) is 0 Å². The minimum atomic E-state index is -0.874. The molecule has 2 amide bonds. The Hall–Kier alpha value is -2.04. The van der Waals surface area contributed by atoms with Gasteiger partial charge in [0.25, 0.3) is 0 Å². The third-order valence-electron chi connectivity index (χ3n) is 4.46. The summed E-state index contributed by atoms with van der Waals surface area (Å²) < 4.78 is 0. The van der Waals surface area contributed by atoms with Crippen LogP contribution in [0.25, 0.3) is 0 Å². The number of carbonyl (C=O) groups is 2. The number of hydrogen-bond donors (Lipinski definition) is 2. The monoisotopic (exact) mass is 288 g/mol. The Morgan fingerprint density at radius 1 is 1.19 bits per heavy atom. The third-order valence-corrected chi connectivity index (χ3v) is 4.46. The van der Waals surface area contributed by atoms with Gasteiger partial charge in [-0.25, -0.2) is 4.79 Å². The van der Waals surface area contributed by atoms with Gasteiger partial charge in [0.1, 0.15) is 0 Å². The van der Waals surface area contributed by atoms with Gasteiger partial charge in [0.2, 0.25) is 0 Å². The molecule has 21 heavy (non-hydrogen) atoms. The zero-order valence-electron chi connectivity index (χ0n) is 11.9. The second kappa shape index (κ2) is 5.76. The van der Waals surface area contributed by atoms with Gasteiger partial charge in [-0.1, -0.05) is 37.1 Å². The number of aliphatic carboxylic acids is 1. The lowest BCUT2D eigenvalue weighted by Gasteiger charge is -2.33. The number of nitrogens with zero attached hydrogens (tertiary/aromatic N) is 1. The van der Waals surface area contributed by atoms with Crippen molar-refractivity contribution >= 4 is 12.0 Å². The highest BCUT2D eigenvalue weighted by atomic mass is 16.4. The predicted octanol–water partition coefficient (Wildman–Crippen LogP) is 2.32. The molecule has 0 aromatic heterocycles. The molecule has 0 bridgehead atoms. The number of urea groups is 1. The first-order valence-electron chi connectivity index (χ1n) is 7.51. The van der Waals surface area contributed by atoms with Crippen molar-refractivity contribution in [3.05, 3.63) is 35.4 Å². The second-order valence-corrected chi connectivity index (χ2v) is 5.90. The number of nitrogens with one attached hydrogen (secondary N) is 1. The highest BCUT2D eigenvalue weighted by Crippen LogP contribution is 2.28. The lowest BCUT2D eigenvalue weighted by molar-refractivity contribution is -0.139. The van der Waals surface area contributed by atoms with Crippen LogP contribution in [-0.4, -0.2) is 34.6 Å². The molecular weight excluding hydrogens is 268 g/mol. The van der Waals surface area contributed by atoms with Crippen LogP contribution in [0.1, 0.15) is 42.7 Å². The van der Waals surface area contributed by atoms with Crippen LogP contribution in [0.15, 0.2) is 24.3 Å². The van der Waals surface area contributed by atoms with E-state index in [0.29, 0.717) is 6.54 Å². The molecule has 1 aromatic carbocycles. The summed E-state index contributed by atoms with van der Waals surface area (Å²) in [7, 11) is 0. The van der Waals surface area contributed by atoms with E-state index in [9.17, 15) is 14.7 Å². The van der Waals surface area contributed by atoms with E-state index in [2.05, 4.69) is 5.32 Å². The number of amides is 2. The van der Waals surface area contributed by atoms with Gasteiger partial charge < -0.3 is 15.3 Å². The van der Waals surface area contributed by atoms with Crippen molar-refractivity contribution in [2.24, 2.45) is 0 Å². The average molecular weight is 288 g/mol. The van der Waals surface area contributed by atoms with Crippen LogP contribution in [0, 0.1) is 0 Å². The number of fused-ring (bicyclic) bond motifs is 1. The zero-order valence-corrected chi connectivity index (χ0v) is 11.9. The fourth-order valence-corrected chi connectivity index (χ4v) is 3.31. The molecule has 0 spiro atoms. The molecule has 5 nitrogen and oxygen atoms in total. The maximum Gasteiger partial charge on any atom is 0.317 e. The highest BCUT2D eigenvalue weighted by molar-refractivity contribution is 5.81. The molecule has 1 aliphatic heterocycles. The fourth-order valence-electron chi connectivity index (χ4n) is 3.31. The van der Waals surface area contributed by atoms with Crippen LogP contribution in [0.2, 0.25) is 0 Å². The van der Waals surface area contributed by atoms with Gasteiger partial charge in [0.05, 0.1) is 5.92 Å². The SMILES string of the molecule is O=C(O)C1CN(C(=O)NC2CCCC2)Cc2ccccc21. The largest absolute Gasteiger partial charge is 0.481 e. The van der Waals surface area contributed by atoms with Crippen molar-refractivity contribution < 1.29 is 14.7 Å². The standard InChI is InChI=1S/C16H20N2O3/c19-15(20)14-10-18(9-11-5-1-4-8-13(11)14)16(21)17-12-6-2-3-7-12/h1,4-5,8,12,14H,2-3,6-7,9-10H2,(H,17,21)(H,19,20). The molecule has 1 saturated carbocycles. The van der Waals surface area contributed by atoms with Gasteiger partial charge in [-0.05, 0) is 24.0 Å². The predicted molar refractivity (Wildman–Crippen MR) is 78.0 cm³/mol. The van der Waals surface area contributed by atoms with Gasteiger partial charge >= 0.3 is 12.0 Å². The molecule has 0 saturated heterocycles. The average Bonchev–Trinajstić information content (AvgIpc) is 2.98. The summed E-state index contributed by atoms with van der Waals surface area (Å²) in [6, 6.07) is 7.60. The van der Waals surface area contributed by atoms with Gasteiger partial charge in [0.15, 0.2) is 0 Å². The van der Waals surface area contributed by atoms with Crippen molar-refractivity contribution in [3.63, 3.8) is 0 Å². The summed E-state index contributed by atoms with van der Waals surface area (Å²) in [6.07, 6.45) is 4.37. The fraction of sp³-hybridized carbons (Fsp3) is 0.500. The molecule has 1 aromatic rings. The summed E-state index contributed by atoms with van der Waals surface area (Å²) in [5.74, 6) is -1.51. The second-order valence-electron chi connectivity index (χ2n) is 5.90. The Morgan fingerprint density at radius 3 is 2.62 bits per heavy atom. The number of carbonyl (C=O) groups excluding carboxylic acids is 1. The summed E-state index contributed by atoms with van der Waals surface area (Å²) in [5.41, 5.74) is 1.76. The molecular formula is C16H20N2O3. The smallest absolute Gasteiger partial charge is 0.317 e. The molecule has 1 heterocycles. The number of rotatable bonds is 2. The molecule has 2 N–H and O–H groups in total. The lowest BCUT2D eigenvalue weighted by Crippen LogP contribution is -2.48. The maximum absolute atomic E-state index is 12.4. The quantitative estimate of drug-likeness (QED) is 0.877. The molecule has 112 valence electrons. The van der Waals surface area contributed by atoms with Crippen molar-refractivity contribution in [3.8, 4) is 0 Å². The first kappa shape index (κ1) is 13.9. The van der Waals surface area contributed by atoms with Crippen LogP contribution in [0.5, 0.6) is 0 Å². The van der Waals surface area contributed by atoms with E-state index < -0.39 is 11.9 Å². The Bertz CT molecular complexity index is 552. The van der Waals surface area contributed by atoms with E-state index in [0.717, 1.165) is 36.8 Å². The minimum Gasteiger partial charge on any atom is -0.481 e. The minimum absolute atomic E-state index is 0.136. The van der Waals surface area contributed by atoms with E-state index in [4.69, 9.17) is 0 Å². The van der Waals surface area contributed by atoms with E-state index >= 15 is 0 Å². The zero-order chi connectivity index (χ0) is 14.8. The number of benzene rings is 1. The Balaban J connectivity index is 1.76. The molecule has 1 aliphatic carbocycles. The molecule has 2 aliphatic rings. The molecule has 5 heteroatoms. The van der Waals surface area contributed by atoms with Crippen molar-refractivity contribution in [1.29, 1.82) is 0 Å². The summed E-state index contributed by atoms with van der Waals surface area (Å²) >= 11 is 0. The molecule has 1 unspecified atom stereocenters. The molecule has 3 rings (SSSR count). The first-order valence-corrected chi connectivity index (χ1v) is 7.51. The summed E-state index contributed by atoms with van der Waals surface area (Å²) in [5, 5.41) is 12.4. The van der Waals surface area contributed by atoms with Crippen LogP contribution in [0.3, 0.4) is 0 Å². The maximum atomic E-state index is 12.4. The van der Waals surface area contributed by atoms with Crippen LogP contribution >= 0.6 is 0 Å². The lowest BCUT2D eigenvalue weighted by atomic mass is 9.90. The molecule has 0 radical (unpaired) electrons. The summed E-state index contributed by atoms with van der Waals surface area (Å²) in [6.45, 7) is 0.726. The Kier molecular flexibility index (Phi) is 3.82. The highest BCUT2D eigenvalue weighted by Gasteiger charge is 2.33. The van der Waals surface area contributed by atoms with Crippen molar-refractivity contribution in [2.75, 3.05) is 6.54 Å². The molecule has 1 fully saturated rings. The van der Waals surface area contributed by atoms with Gasteiger partial charge in [-0.2, -0.15) is 0 Å². The van der Waals surface area contributed by atoms with Gasteiger partial charge in [-0.15, -0.1) is 0 Å². The van der Waals surface area contributed by atoms with E-state index in [1.54, 1.807) is 4.90 Å². The normalized spacial score (nSPS) is 21.9. The van der Waals surface area contributed by atoms with Crippen LogP contribution in [0.4, 0.5) is 4.79 Å². The van der Waals surface area contributed by atoms with Crippen molar-refractivity contribution in [2.45, 2.75) is 44.2 Å². The Morgan fingerprint density at radius 2 is 1.90 bits per heavy atom. The van der Waals surface area contributed by atoms with Gasteiger partial charge in [-0.3, -0.25) is 4.79 Å². The number of carboxylic acid groups (broad SMARTS) is 1. The number of carboxylic acids is 1. The Labute approximate surface area is 123 Å². The van der Waals surface area contributed by atoms with Crippen LogP contribution in [-0.2, 0) is 11.3 Å².